The minimum Gasteiger partial charge on any atom is -0.460 e. The monoisotopic (exact) mass is 1430 g/mol. The molecule has 3 atom stereocenters. The highest BCUT2D eigenvalue weighted by atomic mass is 19.3. The Morgan fingerprint density at radius 3 is 1.09 bits per heavy atom. The third kappa shape index (κ3) is 132. The molecule has 0 aliphatic heterocycles. The van der Waals surface area contributed by atoms with Gasteiger partial charge in [0.15, 0.2) is 0 Å². The van der Waals surface area contributed by atoms with Crippen molar-refractivity contribution in [2.75, 3.05) is 99.6 Å². The van der Waals surface area contributed by atoms with Crippen LogP contribution in [0.1, 0.15) is 248 Å². The summed E-state index contributed by atoms with van der Waals surface area (Å²) in [6.07, 6.45) is -5.79. The maximum absolute atomic E-state index is 12.5. The number of hydrogen-bond donors (Lipinski definition) is 1. The van der Waals surface area contributed by atoms with Crippen LogP contribution in [0, 0.1) is 11.8 Å². The van der Waals surface area contributed by atoms with Crippen molar-refractivity contribution in [3.63, 3.8) is 0 Å². The first-order valence-electron chi connectivity index (χ1n) is 33.3. The van der Waals surface area contributed by atoms with Crippen molar-refractivity contribution in [3.8, 4) is 0 Å². The molecule has 0 bridgehead atoms. The van der Waals surface area contributed by atoms with Gasteiger partial charge in [0.1, 0.15) is 12.2 Å². The second-order valence-corrected chi connectivity index (χ2v) is 22.1. The lowest BCUT2D eigenvalue weighted by Crippen LogP contribution is -2.31. The van der Waals surface area contributed by atoms with Gasteiger partial charge in [-0.25, -0.2) is 17.6 Å². The number of esters is 2. The third-order valence-electron chi connectivity index (χ3n) is 10.8. The number of hydrogen-bond acceptors (Lipinski definition) is 15. The minimum atomic E-state index is -3.18. The molecule has 1 fully saturated rings. The number of carbonyl (C=O) groups excluding carboxylic acids is 2. The summed E-state index contributed by atoms with van der Waals surface area (Å²) in [5, 5.41) is 8.76. The summed E-state index contributed by atoms with van der Waals surface area (Å²) in [6, 6.07) is 0. The van der Waals surface area contributed by atoms with Gasteiger partial charge in [0.25, 0.3) is 0 Å². The molecule has 29 heteroatoms. The van der Waals surface area contributed by atoms with E-state index in [2.05, 4.69) is 42.3 Å². The van der Waals surface area contributed by atoms with Crippen molar-refractivity contribution in [2.24, 2.45) is 11.8 Å². The van der Waals surface area contributed by atoms with Crippen LogP contribution in [-0.4, -0.2) is 177 Å². The summed E-state index contributed by atoms with van der Waals surface area (Å²) in [5.41, 5.74) is 0. The van der Waals surface area contributed by atoms with E-state index in [0.29, 0.717) is 66.1 Å². The fourth-order valence-electron chi connectivity index (χ4n) is 5.66. The van der Waals surface area contributed by atoms with Gasteiger partial charge in [-0.2, -0.15) is 43.9 Å². The van der Waals surface area contributed by atoms with E-state index in [0.717, 1.165) is 112 Å². The van der Waals surface area contributed by atoms with Crippen LogP contribution in [0.5, 0.6) is 0 Å². The fraction of sp³-hybridized carbons (Fsp3) is 0.970. The van der Waals surface area contributed by atoms with Crippen molar-refractivity contribution in [1.82, 2.24) is 0 Å². The first kappa shape index (κ1) is 111. The van der Waals surface area contributed by atoms with Crippen molar-refractivity contribution in [2.45, 2.75) is 309 Å². The van der Waals surface area contributed by atoms with E-state index in [1.165, 1.54) is 19.8 Å². The van der Waals surface area contributed by atoms with Crippen LogP contribution in [0.25, 0.3) is 0 Å². The zero-order valence-electron chi connectivity index (χ0n) is 62.1. The average molecular weight is 1430 g/mol. The molecule has 15 nitrogen and oxygen atoms in total. The number of ether oxygens (including phenoxy) is 12. The first-order valence-corrected chi connectivity index (χ1v) is 33.3. The van der Waals surface area contributed by atoms with E-state index >= 15 is 0 Å². The maximum Gasteiger partial charge on any atom is 0.353 e. The number of halogens is 14. The van der Waals surface area contributed by atoms with Crippen molar-refractivity contribution in [3.05, 3.63) is 0 Å². The second-order valence-electron chi connectivity index (χ2n) is 22.1. The molecule has 0 aromatic heterocycles. The summed E-state index contributed by atoms with van der Waals surface area (Å²) in [6.45, 7) is 36.8. The molecule has 3 unspecified atom stereocenters. The molecule has 584 valence electrons. The Labute approximate surface area is 563 Å². The van der Waals surface area contributed by atoms with Crippen molar-refractivity contribution in [1.29, 1.82) is 0 Å². The Hall–Kier alpha value is -2.48. The lowest BCUT2D eigenvalue weighted by molar-refractivity contribution is -0.238. The normalized spacial score (nSPS) is 13.5. The van der Waals surface area contributed by atoms with Gasteiger partial charge >= 0.3 is 42.5 Å². The number of aliphatic hydroxyl groups excluding tert-OH is 1. The van der Waals surface area contributed by atoms with Gasteiger partial charge < -0.3 is 61.9 Å². The largest absolute Gasteiger partial charge is 0.460 e. The summed E-state index contributed by atoms with van der Waals surface area (Å²) < 4.78 is 223. The SMILES string of the molecule is CCC(COC(C)(F)F)OC(=O)C1CCCCC1.CCC(COC(C)(F)F)OC(C)=O.CCC(O)COC(C)(F)F.CCCCOC(C)(F)F.CCCOC(C)(F)F.CCCOCCC(C)(F)F.CCOC.CCOCC.CCOCCC(C)(F)F.CCOCCCC(C)C. The Bertz CT molecular complexity index is 1520. The van der Waals surface area contributed by atoms with Crippen molar-refractivity contribution < 1.29 is 133 Å². The predicted octanol–water partition coefficient (Wildman–Crippen LogP) is 20.0. The zero-order valence-corrected chi connectivity index (χ0v) is 62.1. The van der Waals surface area contributed by atoms with Gasteiger partial charge in [0.2, 0.25) is 11.8 Å². The van der Waals surface area contributed by atoms with Gasteiger partial charge in [0.05, 0.1) is 58.3 Å². The van der Waals surface area contributed by atoms with Gasteiger partial charge in [0, 0.05) is 108 Å². The van der Waals surface area contributed by atoms with E-state index in [9.17, 15) is 71.1 Å². The average Bonchev–Trinajstić information content (AvgIpc) is 1.17. The fourth-order valence-corrected chi connectivity index (χ4v) is 5.66. The maximum atomic E-state index is 12.5. The van der Waals surface area contributed by atoms with Gasteiger partial charge in [-0.1, -0.05) is 81.1 Å². The van der Waals surface area contributed by atoms with E-state index < -0.39 is 66.7 Å². The lowest BCUT2D eigenvalue weighted by atomic mass is 9.89. The quantitative estimate of drug-likeness (QED) is 0.0351. The molecule has 1 rings (SSSR count). The number of unbranched alkanes of at least 4 members (excludes halogenated alkanes) is 1. The Morgan fingerprint density at radius 2 is 0.800 bits per heavy atom. The van der Waals surface area contributed by atoms with Gasteiger partial charge in [-0.3, -0.25) is 9.59 Å². The molecule has 1 aliphatic carbocycles. The van der Waals surface area contributed by atoms with Crippen LogP contribution in [-0.2, 0) is 66.4 Å². The highest BCUT2D eigenvalue weighted by Crippen LogP contribution is 2.26. The lowest BCUT2D eigenvalue weighted by Gasteiger charge is -2.24. The molecule has 0 aromatic rings. The summed E-state index contributed by atoms with van der Waals surface area (Å²) >= 11 is 0. The van der Waals surface area contributed by atoms with Crippen molar-refractivity contribution >= 4 is 11.9 Å². The predicted molar refractivity (Wildman–Crippen MR) is 345 cm³/mol. The second kappa shape index (κ2) is 71.3. The molecule has 0 amide bonds. The highest BCUT2D eigenvalue weighted by Gasteiger charge is 2.29. The Balaban J connectivity index is -0.000000126. The van der Waals surface area contributed by atoms with E-state index in [1.807, 2.05) is 41.5 Å². The zero-order chi connectivity index (χ0) is 76.2. The van der Waals surface area contributed by atoms with Crippen LogP contribution in [0.3, 0.4) is 0 Å². The van der Waals surface area contributed by atoms with Gasteiger partial charge in [-0.15, -0.1) is 0 Å². The number of methoxy groups -OCH3 is 1. The van der Waals surface area contributed by atoms with Gasteiger partial charge in [-0.05, 0) is 119 Å². The number of aliphatic hydroxyl groups is 1. The smallest absolute Gasteiger partial charge is 0.353 e. The molecule has 0 saturated heterocycles. The van der Waals surface area contributed by atoms with Crippen LogP contribution < -0.4 is 0 Å². The summed E-state index contributed by atoms with van der Waals surface area (Å²) in [4.78, 5) is 22.3. The van der Waals surface area contributed by atoms with Crippen LogP contribution in [0.4, 0.5) is 61.5 Å². The molecule has 1 saturated carbocycles. The molecule has 1 aliphatic rings. The number of alkyl halides is 14. The number of carbonyl (C=O) groups is 2. The van der Waals surface area contributed by atoms with Crippen LogP contribution in [0.2, 0.25) is 0 Å². The molecule has 95 heavy (non-hydrogen) atoms. The first-order chi connectivity index (χ1) is 43.6. The van der Waals surface area contributed by atoms with E-state index in [-0.39, 0.29) is 71.0 Å². The summed E-state index contributed by atoms with van der Waals surface area (Å²) in [7, 11) is 1.68. The highest BCUT2D eigenvalue weighted by molar-refractivity contribution is 5.72. The molecular weight excluding hydrogens is 1300 g/mol. The Kier molecular flexibility index (Phi) is 83.4. The molecule has 0 radical (unpaired) electrons. The standard InChI is InChI=1S/C13H22F2O3.C8H14F2O3.C8H18O.C7H14F2O.C6H12F2O2.2C6H12F2O.C5H10F2O.C4H10O.C3H8O/c1-3-11(9-17-13(2,14)15)18-12(16)10-7-5-4-6-8-10;1-4-7(13-6(2)11)5-12-8(3,9)10;1-4-9-7-5-6-8(2)3;1-3-5-10-6-4-7(2,8)9;1-3-5(9)4-10-6(2,7)8;1-3-9-5-4-6(2,7)8;1-3-4-5-9-6(2,7)8;1-3-4-8-5(2,6)7;1-3-5-4-2;1-3-4-2/h10-11H,3-9H2,1-2H3;7H,4-5H2,1-3H3;8H,4-7H2,1-3H3;3-6H2,1-2H3;5,9H,3-4H2,1-2H3;2*3-5H2,1-2H3;3-4H2,1-2H3;3-4H2,1-2H3;3H2,1-2H3. The Morgan fingerprint density at radius 1 is 0.432 bits per heavy atom. The molecule has 0 aromatic carbocycles. The van der Waals surface area contributed by atoms with Crippen LogP contribution >= 0.6 is 0 Å². The van der Waals surface area contributed by atoms with E-state index in [4.69, 9.17) is 33.5 Å². The molecular formula is C66H132F14O15. The third-order valence-corrected chi connectivity index (χ3v) is 10.8. The molecule has 1 N–H and O–H groups in total. The van der Waals surface area contributed by atoms with E-state index in [1.54, 1.807) is 41.7 Å². The minimum absolute atomic E-state index is 0.0602. The van der Waals surface area contributed by atoms with Crippen LogP contribution in [0.15, 0.2) is 0 Å². The molecule has 0 spiro atoms. The topological polar surface area (TPSA) is 165 Å². The number of rotatable bonds is 39. The molecule has 0 heterocycles. The summed E-state index contributed by atoms with van der Waals surface area (Å²) in [5.74, 6) is -5.14.